The molecule has 0 aliphatic carbocycles. The molecule has 0 amide bonds. The van der Waals surface area contributed by atoms with Gasteiger partial charge in [0, 0.05) is 20.2 Å². The Morgan fingerprint density at radius 3 is 2.77 bits per heavy atom. The predicted octanol–water partition coefficient (Wildman–Crippen LogP) is 2.24. The van der Waals surface area contributed by atoms with Crippen LogP contribution in [-0.4, -0.2) is 40.9 Å². The first kappa shape index (κ1) is 15.9. The maximum absolute atomic E-state index is 11.6. The summed E-state index contributed by atoms with van der Waals surface area (Å²) in [4.78, 5) is 27.5. The van der Waals surface area contributed by atoms with Crippen LogP contribution in [0.25, 0.3) is 11.0 Å². The summed E-state index contributed by atoms with van der Waals surface area (Å²) in [5.41, 5.74) is 0.481. The van der Waals surface area contributed by atoms with E-state index in [4.69, 9.17) is 9.57 Å². The number of rotatable bonds is 5. The maximum atomic E-state index is 11.6. The van der Waals surface area contributed by atoms with Gasteiger partial charge in [-0.05, 0) is 17.3 Å². The van der Waals surface area contributed by atoms with Gasteiger partial charge in [0.1, 0.15) is 11.0 Å². The molecule has 0 aliphatic rings. The van der Waals surface area contributed by atoms with E-state index in [0.717, 1.165) is 10.9 Å². The van der Waals surface area contributed by atoms with Gasteiger partial charge in [-0.2, -0.15) is 0 Å². The van der Waals surface area contributed by atoms with Crippen LogP contribution in [0.3, 0.4) is 0 Å². The molecular weight excluding hydrogens is 308 g/mol. The Balaban J connectivity index is 2.02. The number of nitro benzene ring substituents is 1. The van der Waals surface area contributed by atoms with Crippen molar-refractivity contribution in [1.82, 2.24) is 15.2 Å². The number of hydrogen-bond donors (Lipinski definition) is 0. The number of hydrogen-bond acceptors (Lipinski definition) is 7. The van der Waals surface area contributed by atoms with E-state index < -0.39 is 19.2 Å². The zero-order chi connectivity index (χ0) is 16.3. The molecule has 10 heteroatoms. The fourth-order valence-electron chi connectivity index (χ4n) is 1.61. The lowest BCUT2D eigenvalue weighted by Crippen LogP contribution is -2.26. The summed E-state index contributed by atoms with van der Waals surface area (Å²) in [7, 11) is -1.30. The van der Waals surface area contributed by atoms with Crippen LogP contribution in [0.15, 0.2) is 18.2 Å². The number of aromatic nitrogens is 3. The van der Waals surface area contributed by atoms with E-state index in [0.29, 0.717) is 5.52 Å². The minimum Gasteiger partial charge on any atom is -0.433 e. The summed E-state index contributed by atoms with van der Waals surface area (Å²) < 4.78 is 4.98. The molecule has 0 atom stereocenters. The first-order valence-corrected chi connectivity index (χ1v) is 10.3. The fraction of sp³-hybridized carbons (Fsp3) is 0.417. The molecule has 1 heterocycles. The lowest BCUT2D eigenvalue weighted by Gasteiger charge is -2.14. The van der Waals surface area contributed by atoms with Gasteiger partial charge >= 0.3 is 6.16 Å². The Hall–Kier alpha value is -2.49. The molecular formula is C12H16N4O5Si. The van der Waals surface area contributed by atoms with Crippen LogP contribution in [0, 0.1) is 10.1 Å². The fourth-order valence-corrected chi connectivity index (χ4v) is 2.32. The molecule has 0 spiro atoms. The predicted molar refractivity (Wildman–Crippen MR) is 80.3 cm³/mol. The summed E-state index contributed by atoms with van der Waals surface area (Å²) in [5, 5.41) is 18.0. The quantitative estimate of drug-likeness (QED) is 0.273. The molecule has 0 bridgehead atoms. The second kappa shape index (κ2) is 6.09. The van der Waals surface area contributed by atoms with E-state index in [2.05, 4.69) is 30.0 Å². The molecule has 9 nitrogen and oxygen atoms in total. The summed E-state index contributed by atoms with van der Waals surface area (Å²) >= 11 is 0. The van der Waals surface area contributed by atoms with Crippen LogP contribution < -0.4 is 4.84 Å². The SMILES string of the molecule is C[Si](C)(C)CCOC(=O)On1nnc2cc([N+](=O)[O-])ccc21. The van der Waals surface area contributed by atoms with Crippen molar-refractivity contribution in [2.24, 2.45) is 0 Å². The third-order valence-corrected chi connectivity index (χ3v) is 4.55. The first-order valence-electron chi connectivity index (χ1n) is 6.61. The minimum atomic E-state index is -1.30. The highest BCUT2D eigenvalue weighted by molar-refractivity contribution is 6.76. The maximum Gasteiger partial charge on any atom is 0.535 e. The van der Waals surface area contributed by atoms with Crippen molar-refractivity contribution in [2.45, 2.75) is 25.7 Å². The third kappa shape index (κ3) is 4.01. The molecule has 118 valence electrons. The summed E-state index contributed by atoms with van der Waals surface area (Å²) in [6.07, 6.45) is -0.886. The number of carbonyl (C=O) groups is 1. The summed E-state index contributed by atoms with van der Waals surface area (Å²) in [6.45, 7) is 6.78. The van der Waals surface area contributed by atoms with Gasteiger partial charge in [0.25, 0.3) is 5.69 Å². The van der Waals surface area contributed by atoms with Crippen LogP contribution >= 0.6 is 0 Å². The number of fused-ring (bicyclic) bond motifs is 1. The van der Waals surface area contributed by atoms with Crippen LogP contribution in [0.1, 0.15) is 0 Å². The van der Waals surface area contributed by atoms with Crippen molar-refractivity contribution in [3.05, 3.63) is 28.3 Å². The van der Waals surface area contributed by atoms with Crippen molar-refractivity contribution in [1.29, 1.82) is 0 Å². The average molecular weight is 324 g/mol. The number of benzene rings is 1. The van der Waals surface area contributed by atoms with Crippen LogP contribution in [0.5, 0.6) is 0 Å². The standard InChI is InChI=1S/C12H16N4O5Si/c1-22(2,3)7-6-20-12(17)21-15-11-5-4-9(16(18)19)8-10(11)13-14-15/h4-5,8H,6-7H2,1-3H3. The van der Waals surface area contributed by atoms with Gasteiger partial charge in [-0.1, -0.05) is 24.5 Å². The van der Waals surface area contributed by atoms with Crippen LogP contribution in [-0.2, 0) is 4.74 Å². The lowest BCUT2D eigenvalue weighted by atomic mass is 10.3. The molecule has 22 heavy (non-hydrogen) atoms. The van der Waals surface area contributed by atoms with Gasteiger partial charge in [-0.3, -0.25) is 15.0 Å². The highest BCUT2D eigenvalue weighted by Gasteiger charge is 2.17. The van der Waals surface area contributed by atoms with E-state index in [1.165, 1.54) is 18.2 Å². The number of ether oxygens (including phenoxy) is 1. The Morgan fingerprint density at radius 1 is 1.41 bits per heavy atom. The summed E-state index contributed by atoms with van der Waals surface area (Å²) in [5.74, 6) is 0. The largest absolute Gasteiger partial charge is 0.535 e. The molecule has 0 fully saturated rings. The van der Waals surface area contributed by atoms with E-state index in [1.54, 1.807) is 0 Å². The highest BCUT2D eigenvalue weighted by atomic mass is 28.3. The van der Waals surface area contributed by atoms with E-state index in [9.17, 15) is 14.9 Å². The van der Waals surface area contributed by atoms with Crippen molar-refractivity contribution in [3.8, 4) is 0 Å². The molecule has 0 saturated carbocycles. The average Bonchev–Trinajstić information content (AvgIpc) is 2.79. The highest BCUT2D eigenvalue weighted by Crippen LogP contribution is 2.18. The van der Waals surface area contributed by atoms with Crippen molar-refractivity contribution < 1.29 is 19.3 Å². The van der Waals surface area contributed by atoms with E-state index >= 15 is 0 Å². The van der Waals surface area contributed by atoms with Gasteiger partial charge in [0.15, 0.2) is 0 Å². The Bertz CT molecular complexity index is 709. The van der Waals surface area contributed by atoms with Gasteiger partial charge in [0.05, 0.1) is 11.5 Å². The van der Waals surface area contributed by atoms with Crippen LogP contribution in [0.4, 0.5) is 10.5 Å². The topological polar surface area (TPSA) is 109 Å². The van der Waals surface area contributed by atoms with Gasteiger partial charge < -0.3 is 4.74 Å². The Labute approximate surface area is 126 Å². The van der Waals surface area contributed by atoms with E-state index in [-0.39, 0.29) is 17.8 Å². The minimum absolute atomic E-state index is 0.114. The van der Waals surface area contributed by atoms with E-state index in [1.807, 2.05) is 0 Å². The van der Waals surface area contributed by atoms with Gasteiger partial charge in [-0.25, -0.2) is 4.79 Å². The number of nitro groups is 1. The van der Waals surface area contributed by atoms with Gasteiger partial charge in [0.2, 0.25) is 0 Å². The molecule has 1 aromatic carbocycles. The van der Waals surface area contributed by atoms with Crippen molar-refractivity contribution in [2.75, 3.05) is 6.61 Å². The Kier molecular flexibility index (Phi) is 4.40. The van der Waals surface area contributed by atoms with Crippen molar-refractivity contribution in [3.63, 3.8) is 0 Å². The van der Waals surface area contributed by atoms with Gasteiger partial charge in [-0.15, -0.1) is 5.10 Å². The van der Waals surface area contributed by atoms with Crippen molar-refractivity contribution >= 4 is 31.0 Å². The zero-order valence-electron chi connectivity index (χ0n) is 12.5. The molecule has 0 saturated heterocycles. The second-order valence-electron chi connectivity index (χ2n) is 5.89. The first-order chi connectivity index (χ1) is 10.3. The summed E-state index contributed by atoms with van der Waals surface area (Å²) in [6, 6.07) is 4.76. The normalized spacial score (nSPS) is 11.4. The smallest absolute Gasteiger partial charge is 0.433 e. The number of non-ortho nitro benzene ring substituents is 1. The zero-order valence-corrected chi connectivity index (χ0v) is 13.5. The second-order valence-corrected chi connectivity index (χ2v) is 11.5. The molecule has 0 radical (unpaired) electrons. The Morgan fingerprint density at radius 2 is 2.14 bits per heavy atom. The monoisotopic (exact) mass is 324 g/mol. The molecule has 1 aromatic heterocycles. The molecule has 0 aliphatic heterocycles. The third-order valence-electron chi connectivity index (χ3n) is 2.84. The molecule has 2 rings (SSSR count). The molecule has 0 unspecified atom stereocenters. The lowest BCUT2D eigenvalue weighted by molar-refractivity contribution is -0.384. The number of carbonyl (C=O) groups excluding carboxylic acids is 1. The molecule has 0 N–H and O–H groups in total. The van der Waals surface area contributed by atoms with Crippen LogP contribution in [0.2, 0.25) is 25.7 Å². The number of nitrogens with zero attached hydrogens (tertiary/aromatic N) is 4. The molecule has 2 aromatic rings.